The van der Waals surface area contributed by atoms with Crippen molar-refractivity contribution < 1.29 is 9.18 Å². The SMILES string of the molecule is C[C@H]1CCCC[C@@H]1NC(=O)/C(C#N)=C/c1cc(Br)ccc1F. The van der Waals surface area contributed by atoms with Crippen molar-refractivity contribution >= 4 is 27.9 Å². The van der Waals surface area contributed by atoms with Crippen molar-refractivity contribution in [2.45, 2.75) is 38.6 Å². The van der Waals surface area contributed by atoms with Crippen LogP contribution in [0.25, 0.3) is 6.08 Å². The van der Waals surface area contributed by atoms with Crippen LogP contribution >= 0.6 is 15.9 Å². The quantitative estimate of drug-likeness (QED) is 0.645. The average molecular weight is 365 g/mol. The van der Waals surface area contributed by atoms with Gasteiger partial charge in [-0.2, -0.15) is 5.26 Å². The van der Waals surface area contributed by atoms with Gasteiger partial charge in [0.2, 0.25) is 0 Å². The van der Waals surface area contributed by atoms with Gasteiger partial charge in [0.1, 0.15) is 17.5 Å². The van der Waals surface area contributed by atoms with Crippen LogP contribution in [0, 0.1) is 23.1 Å². The van der Waals surface area contributed by atoms with Crippen LogP contribution in [0.5, 0.6) is 0 Å². The third-order valence-electron chi connectivity index (χ3n) is 4.05. The first-order valence-corrected chi connectivity index (χ1v) is 8.18. The molecular formula is C17H18BrFN2O. The van der Waals surface area contributed by atoms with Crippen molar-refractivity contribution in [3.05, 3.63) is 39.6 Å². The second-order valence-electron chi connectivity index (χ2n) is 5.68. The van der Waals surface area contributed by atoms with Crippen LogP contribution in [0.3, 0.4) is 0 Å². The molecule has 0 unspecified atom stereocenters. The molecular weight excluding hydrogens is 347 g/mol. The fourth-order valence-corrected chi connectivity index (χ4v) is 3.08. The number of rotatable bonds is 3. The molecule has 0 bridgehead atoms. The largest absolute Gasteiger partial charge is 0.348 e. The Morgan fingerprint density at radius 3 is 2.86 bits per heavy atom. The van der Waals surface area contributed by atoms with Crippen molar-refractivity contribution in [3.63, 3.8) is 0 Å². The molecule has 1 aliphatic carbocycles. The lowest BCUT2D eigenvalue weighted by Gasteiger charge is -2.29. The molecule has 0 aromatic heterocycles. The van der Waals surface area contributed by atoms with Crippen LogP contribution in [-0.4, -0.2) is 11.9 Å². The minimum absolute atomic E-state index is 0.0743. The van der Waals surface area contributed by atoms with Gasteiger partial charge in [-0.25, -0.2) is 4.39 Å². The molecule has 0 radical (unpaired) electrons. The predicted molar refractivity (Wildman–Crippen MR) is 87.3 cm³/mol. The van der Waals surface area contributed by atoms with Crippen molar-refractivity contribution in [2.75, 3.05) is 0 Å². The molecule has 2 rings (SSSR count). The molecule has 1 saturated carbocycles. The van der Waals surface area contributed by atoms with Gasteiger partial charge in [-0.15, -0.1) is 0 Å². The highest BCUT2D eigenvalue weighted by atomic mass is 79.9. The van der Waals surface area contributed by atoms with Crippen molar-refractivity contribution in [1.82, 2.24) is 5.32 Å². The smallest absolute Gasteiger partial charge is 0.262 e. The Labute approximate surface area is 138 Å². The molecule has 116 valence electrons. The van der Waals surface area contributed by atoms with E-state index in [1.165, 1.54) is 18.6 Å². The van der Waals surface area contributed by atoms with Gasteiger partial charge < -0.3 is 5.32 Å². The van der Waals surface area contributed by atoms with Gasteiger partial charge in [0, 0.05) is 16.1 Å². The van der Waals surface area contributed by atoms with Gasteiger partial charge >= 0.3 is 0 Å². The maximum atomic E-state index is 13.7. The van der Waals surface area contributed by atoms with Crippen molar-refractivity contribution in [2.24, 2.45) is 5.92 Å². The Kier molecular flexibility index (Phi) is 5.73. The topological polar surface area (TPSA) is 52.9 Å². The molecule has 22 heavy (non-hydrogen) atoms. The van der Waals surface area contributed by atoms with Gasteiger partial charge in [0.15, 0.2) is 0 Å². The molecule has 1 aliphatic rings. The molecule has 1 aromatic carbocycles. The van der Waals surface area contributed by atoms with Crippen molar-refractivity contribution in [3.8, 4) is 6.07 Å². The van der Waals surface area contributed by atoms with Crippen LogP contribution in [0.4, 0.5) is 4.39 Å². The maximum Gasteiger partial charge on any atom is 0.262 e. The number of nitrogens with zero attached hydrogens (tertiary/aromatic N) is 1. The first-order valence-electron chi connectivity index (χ1n) is 7.39. The Hall–Kier alpha value is -1.67. The van der Waals surface area contributed by atoms with Crippen LogP contribution in [0.1, 0.15) is 38.2 Å². The average Bonchev–Trinajstić information content (AvgIpc) is 2.50. The van der Waals surface area contributed by atoms with E-state index < -0.39 is 11.7 Å². The summed E-state index contributed by atoms with van der Waals surface area (Å²) in [6, 6.07) is 6.37. The lowest BCUT2D eigenvalue weighted by molar-refractivity contribution is -0.118. The number of hydrogen-bond donors (Lipinski definition) is 1. The number of nitriles is 1. The number of carbonyl (C=O) groups is 1. The van der Waals surface area contributed by atoms with Crippen LogP contribution in [0.15, 0.2) is 28.2 Å². The highest BCUT2D eigenvalue weighted by Gasteiger charge is 2.24. The van der Waals surface area contributed by atoms with Crippen molar-refractivity contribution in [1.29, 1.82) is 5.26 Å². The summed E-state index contributed by atoms with van der Waals surface area (Å²) in [5.41, 5.74) is 0.146. The highest BCUT2D eigenvalue weighted by molar-refractivity contribution is 9.10. The Morgan fingerprint density at radius 1 is 1.45 bits per heavy atom. The first kappa shape index (κ1) is 16.7. The molecule has 0 spiro atoms. The number of nitrogens with one attached hydrogen (secondary N) is 1. The molecule has 1 amide bonds. The van der Waals surface area contributed by atoms with E-state index in [2.05, 4.69) is 28.2 Å². The minimum atomic E-state index is -0.463. The van der Waals surface area contributed by atoms with Crippen LogP contribution in [0.2, 0.25) is 0 Å². The molecule has 1 aromatic rings. The second kappa shape index (κ2) is 7.55. The maximum absolute atomic E-state index is 13.7. The Morgan fingerprint density at radius 2 is 2.18 bits per heavy atom. The zero-order valence-corrected chi connectivity index (χ0v) is 14.0. The van der Waals surface area contributed by atoms with E-state index in [-0.39, 0.29) is 17.2 Å². The number of carbonyl (C=O) groups excluding carboxylic acids is 1. The Bertz CT molecular complexity index is 636. The standard InChI is InChI=1S/C17H18BrFN2O/c1-11-4-2-3-5-16(11)21-17(22)13(10-20)8-12-9-14(18)6-7-15(12)19/h6-9,11,16H,2-5H2,1H3,(H,21,22)/b13-8+/t11-,16-/m0/s1. The minimum Gasteiger partial charge on any atom is -0.348 e. The fraction of sp³-hybridized carbons (Fsp3) is 0.412. The second-order valence-corrected chi connectivity index (χ2v) is 6.59. The molecule has 0 heterocycles. The third-order valence-corrected chi connectivity index (χ3v) is 4.54. The zero-order valence-electron chi connectivity index (χ0n) is 12.4. The van der Waals surface area contributed by atoms with E-state index in [1.807, 2.05) is 6.07 Å². The summed E-state index contributed by atoms with van der Waals surface area (Å²) in [5, 5.41) is 12.1. The van der Waals surface area contributed by atoms with Gasteiger partial charge in [-0.3, -0.25) is 4.79 Å². The lowest BCUT2D eigenvalue weighted by Crippen LogP contribution is -2.41. The summed E-state index contributed by atoms with van der Waals surface area (Å²) >= 11 is 3.25. The van der Waals surface area contributed by atoms with E-state index >= 15 is 0 Å². The molecule has 5 heteroatoms. The molecule has 2 atom stereocenters. The number of benzene rings is 1. The number of amides is 1. The van der Waals surface area contributed by atoms with E-state index in [0.717, 1.165) is 19.3 Å². The van der Waals surface area contributed by atoms with Gasteiger partial charge in [-0.1, -0.05) is 35.7 Å². The van der Waals surface area contributed by atoms with Gasteiger partial charge in [0.05, 0.1) is 0 Å². The molecule has 1 N–H and O–H groups in total. The zero-order chi connectivity index (χ0) is 16.1. The molecule has 0 saturated heterocycles. The van der Waals surface area contributed by atoms with Crippen LogP contribution in [-0.2, 0) is 4.79 Å². The first-order chi connectivity index (χ1) is 10.5. The summed E-state index contributed by atoms with van der Waals surface area (Å²) in [4.78, 5) is 12.3. The summed E-state index contributed by atoms with van der Waals surface area (Å²) < 4.78 is 14.4. The van der Waals surface area contributed by atoms with E-state index in [9.17, 15) is 14.4 Å². The molecule has 1 fully saturated rings. The number of halogens is 2. The van der Waals surface area contributed by atoms with Gasteiger partial charge in [-0.05, 0) is 43.0 Å². The molecule has 3 nitrogen and oxygen atoms in total. The summed E-state index contributed by atoms with van der Waals surface area (Å²) in [6.45, 7) is 2.11. The van der Waals surface area contributed by atoms with Gasteiger partial charge in [0.25, 0.3) is 5.91 Å². The number of hydrogen-bond acceptors (Lipinski definition) is 2. The molecule has 0 aliphatic heterocycles. The predicted octanol–water partition coefficient (Wildman–Crippen LogP) is 4.19. The van der Waals surface area contributed by atoms with Crippen LogP contribution < -0.4 is 5.32 Å². The lowest BCUT2D eigenvalue weighted by atomic mass is 9.86. The Balaban J connectivity index is 2.16. The monoisotopic (exact) mass is 364 g/mol. The third kappa shape index (κ3) is 4.17. The fourth-order valence-electron chi connectivity index (χ4n) is 2.71. The van der Waals surface area contributed by atoms with E-state index in [0.29, 0.717) is 10.4 Å². The summed E-state index contributed by atoms with van der Waals surface area (Å²) in [5.74, 6) is -0.490. The normalized spacial score (nSPS) is 22.0. The van der Waals surface area contributed by atoms with E-state index in [4.69, 9.17) is 0 Å². The van der Waals surface area contributed by atoms with E-state index in [1.54, 1.807) is 12.1 Å². The highest BCUT2D eigenvalue weighted by Crippen LogP contribution is 2.24. The summed E-state index contributed by atoms with van der Waals surface area (Å²) in [6.07, 6.45) is 5.56. The summed E-state index contributed by atoms with van der Waals surface area (Å²) in [7, 11) is 0.